The first kappa shape index (κ1) is 12.7. The van der Waals surface area contributed by atoms with Gasteiger partial charge in [-0.3, -0.25) is 4.79 Å². The molecule has 0 rings (SSSR count). The fraction of sp³-hybridized carbons (Fsp3) is 0.917. The van der Waals surface area contributed by atoms with Gasteiger partial charge in [0.05, 0.1) is 0 Å². The molecule has 1 heteroatoms. The van der Waals surface area contributed by atoms with Gasteiger partial charge in [0.15, 0.2) is 0 Å². The van der Waals surface area contributed by atoms with Gasteiger partial charge in [-0.1, -0.05) is 34.6 Å². The number of rotatable bonds is 6. The van der Waals surface area contributed by atoms with Gasteiger partial charge in [-0.2, -0.15) is 0 Å². The van der Waals surface area contributed by atoms with Crippen LogP contribution < -0.4 is 0 Å². The number of ketones is 1. The van der Waals surface area contributed by atoms with Gasteiger partial charge >= 0.3 is 0 Å². The van der Waals surface area contributed by atoms with Crippen LogP contribution in [0.4, 0.5) is 0 Å². The average Bonchev–Trinajstić information content (AvgIpc) is 2.03. The molecule has 0 aromatic heterocycles. The van der Waals surface area contributed by atoms with E-state index >= 15 is 0 Å². The smallest absolute Gasteiger partial charge is 0.132 e. The van der Waals surface area contributed by atoms with Gasteiger partial charge in [-0.05, 0) is 24.2 Å². The first-order valence-electron chi connectivity index (χ1n) is 5.50. The van der Waals surface area contributed by atoms with E-state index in [1.54, 1.807) is 0 Å². The van der Waals surface area contributed by atoms with Gasteiger partial charge in [0.25, 0.3) is 0 Å². The lowest BCUT2D eigenvalue weighted by molar-refractivity contribution is -0.119. The molecule has 78 valence electrons. The Hall–Kier alpha value is -0.330. The highest BCUT2D eigenvalue weighted by atomic mass is 16.1. The van der Waals surface area contributed by atoms with Crippen LogP contribution in [0.2, 0.25) is 0 Å². The highest BCUT2D eigenvalue weighted by Crippen LogP contribution is 2.25. The maximum absolute atomic E-state index is 11.2. The van der Waals surface area contributed by atoms with E-state index in [9.17, 15) is 4.79 Å². The summed E-state index contributed by atoms with van der Waals surface area (Å²) in [5.74, 6) is 2.51. The van der Waals surface area contributed by atoms with Crippen molar-refractivity contribution in [3.63, 3.8) is 0 Å². The minimum atomic E-state index is 0.409. The predicted octanol–water partition coefficient (Wildman–Crippen LogP) is 3.67. The van der Waals surface area contributed by atoms with E-state index in [2.05, 4.69) is 27.7 Å². The Balaban J connectivity index is 3.90. The molecule has 0 radical (unpaired) electrons. The van der Waals surface area contributed by atoms with Crippen LogP contribution in [0.15, 0.2) is 0 Å². The van der Waals surface area contributed by atoms with E-state index in [4.69, 9.17) is 0 Å². The van der Waals surface area contributed by atoms with E-state index in [0.717, 1.165) is 12.8 Å². The van der Waals surface area contributed by atoms with Crippen LogP contribution in [0.25, 0.3) is 0 Å². The van der Waals surface area contributed by atoms with E-state index < -0.39 is 0 Å². The molecule has 0 heterocycles. The summed E-state index contributed by atoms with van der Waals surface area (Å²) in [6.45, 7) is 11.0. The van der Waals surface area contributed by atoms with Crippen LogP contribution >= 0.6 is 0 Å². The van der Waals surface area contributed by atoms with E-state index in [1.807, 2.05) is 6.92 Å². The summed E-state index contributed by atoms with van der Waals surface area (Å²) in [4.78, 5) is 11.2. The Morgan fingerprint density at radius 2 is 1.54 bits per heavy atom. The zero-order valence-electron chi connectivity index (χ0n) is 9.76. The molecule has 0 fully saturated rings. The summed E-state index contributed by atoms with van der Waals surface area (Å²) in [6.07, 6.45) is 2.54. The van der Waals surface area contributed by atoms with Crippen molar-refractivity contribution in [3.05, 3.63) is 0 Å². The molecule has 0 N–H and O–H groups in total. The molecule has 0 amide bonds. The predicted molar refractivity (Wildman–Crippen MR) is 57.7 cm³/mol. The highest BCUT2D eigenvalue weighted by Gasteiger charge is 2.17. The Bertz CT molecular complexity index is 139. The normalized spacial score (nSPS) is 11.7. The van der Waals surface area contributed by atoms with Crippen molar-refractivity contribution >= 4 is 5.78 Å². The molecule has 0 atom stereocenters. The van der Waals surface area contributed by atoms with Gasteiger partial charge in [-0.15, -0.1) is 0 Å². The lowest BCUT2D eigenvalue weighted by Crippen LogP contribution is -2.16. The zero-order chi connectivity index (χ0) is 10.4. The van der Waals surface area contributed by atoms with Gasteiger partial charge in [0, 0.05) is 12.8 Å². The maximum atomic E-state index is 11.2. The lowest BCUT2D eigenvalue weighted by atomic mass is 9.81. The van der Waals surface area contributed by atoms with Gasteiger partial charge in [0.2, 0.25) is 0 Å². The standard InChI is InChI=1S/C12H24O/c1-6-11(13)7-8-12(9(2)3)10(4)5/h9-10,12H,6-8H2,1-5H3. The van der Waals surface area contributed by atoms with Crippen molar-refractivity contribution in [1.82, 2.24) is 0 Å². The number of hydrogen-bond acceptors (Lipinski definition) is 1. The number of Topliss-reactive ketones (excluding diaryl/α,β-unsaturated/α-hetero) is 1. The number of carbonyl (C=O) groups is 1. The summed E-state index contributed by atoms with van der Waals surface area (Å²) in [5.41, 5.74) is 0. The SMILES string of the molecule is CCC(=O)CCC(C(C)C)C(C)C. The van der Waals surface area contributed by atoms with Gasteiger partial charge in [0.1, 0.15) is 5.78 Å². The largest absolute Gasteiger partial charge is 0.300 e. The van der Waals surface area contributed by atoms with Crippen LogP contribution in [-0.2, 0) is 4.79 Å². The van der Waals surface area contributed by atoms with Gasteiger partial charge < -0.3 is 0 Å². The van der Waals surface area contributed by atoms with Crippen molar-refractivity contribution in [2.75, 3.05) is 0 Å². The molecule has 0 aromatic rings. The molecule has 0 aliphatic rings. The fourth-order valence-corrected chi connectivity index (χ4v) is 1.94. The molecular formula is C12H24O. The molecular weight excluding hydrogens is 160 g/mol. The molecule has 0 unspecified atom stereocenters. The topological polar surface area (TPSA) is 17.1 Å². The monoisotopic (exact) mass is 184 g/mol. The van der Waals surface area contributed by atoms with E-state index in [1.165, 1.54) is 0 Å². The number of hydrogen-bond donors (Lipinski definition) is 0. The lowest BCUT2D eigenvalue weighted by Gasteiger charge is -2.24. The van der Waals surface area contributed by atoms with Crippen molar-refractivity contribution in [2.45, 2.75) is 53.9 Å². The van der Waals surface area contributed by atoms with E-state index in [-0.39, 0.29) is 0 Å². The quantitative estimate of drug-likeness (QED) is 0.615. The number of carbonyl (C=O) groups excluding carboxylic acids is 1. The molecule has 0 saturated heterocycles. The average molecular weight is 184 g/mol. The van der Waals surface area contributed by atoms with Crippen LogP contribution in [0.5, 0.6) is 0 Å². The van der Waals surface area contributed by atoms with Crippen molar-refractivity contribution in [2.24, 2.45) is 17.8 Å². The molecule has 0 aliphatic heterocycles. The molecule has 0 aliphatic carbocycles. The maximum Gasteiger partial charge on any atom is 0.132 e. The molecule has 13 heavy (non-hydrogen) atoms. The van der Waals surface area contributed by atoms with Crippen molar-refractivity contribution < 1.29 is 4.79 Å². The summed E-state index contributed by atoms with van der Waals surface area (Å²) >= 11 is 0. The van der Waals surface area contributed by atoms with Crippen molar-refractivity contribution in [3.8, 4) is 0 Å². The highest BCUT2D eigenvalue weighted by molar-refractivity contribution is 5.77. The minimum absolute atomic E-state index is 0.409. The summed E-state index contributed by atoms with van der Waals surface area (Å²) < 4.78 is 0. The summed E-state index contributed by atoms with van der Waals surface area (Å²) in [5, 5.41) is 0. The van der Waals surface area contributed by atoms with Crippen LogP contribution in [0.1, 0.15) is 53.9 Å². The summed E-state index contributed by atoms with van der Waals surface area (Å²) in [6, 6.07) is 0. The molecule has 0 spiro atoms. The molecule has 1 nitrogen and oxygen atoms in total. The molecule has 0 bridgehead atoms. The van der Waals surface area contributed by atoms with Crippen LogP contribution in [0.3, 0.4) is 0 Å². The molecule has 0 saturated carbocycles. The second-order valence-corrected chi connectivity index (χ2v) is 4.58. The van der Waals surface area contributed by atoms with Crippen LogP contribution in [0, 0.1) is 17.8 Å². The Labute approximate surface area is 82.9 Å². The first-order valence-corrected chi connectivity index (χ1v) is 5.50. The second-order valence-electron chi connectivity index (χ2n) is 4.58. The Morgan fingerprint density at radius 1 is 1.08 bits per heavy atom. The van der Waals surface area contributed by atoms with Crippen LogP contribution in [-0.4, -0.2) is 5.78 Å². The first-order chi connectivity index (χ1) is 5.99. The minimum Gasteiger partial charge on any atom is -0.300 e. The van der Waals surface area contributed by atoms with Gasteiger partial charge in [-0.25, -0.2) is 0 Å². The Kier molecular flexibility index (Phi) is 6.02. The second kappa shape index (κ2) is 6.17. The zero-order valence-corrected chi connectivity index (χ0v) is 9.76. The Morgan fingerprint density at radius 3 is 1.85 bits per heavy atom. The summed E-state index contributed by atoms with van der Waals surface area (Å²) in [7, 11) is 0. The molecule has 0 aromatic carbocycles. The third kappa shape index (κ3) is 5.07. The van der Waals surface area contributed by atoms with E-state index in [0.29, 0.717) is 30.0 Å². The van der Waals surface area contributed by atoms with Crippen molar-refractivity contribution in [1.29, 1.82) is 0 Å². The fourth-order valence-electron chi connectivity index (χ4n) is 1.94. The third-order valence-corrected chi connectivity index (χ3v) is 2.86. The third-order valence-electron chi connectivity index (χ3n) is 2.86.